The molecule has 1 aromatic carbocycles. The first-order valence-corrected chi connectivity index (χ1v) is 10.8. The zero-order chi connectivity index (χ0) is 19.7. The molecule has 1 atom stereocenters. The van der Waals surface area contributed by atoms with Crippen LogP contribution < -0.4 is 4.90 Å². The van der Waals surface area contributed by atoms with Crippen molar-refractivity contribution in [3.63, 3.8) is 0 Å². The highest BCUT2D eigenvalue weighted by molar-refractivity contribution is 7.18. The Morgan fingerprint density at radius 3 is 2.52 bits per heavy atom. The summed E-state index contributed by atoms with van der Waals surface area (Å²) in [5, 5.41) is 9.79. The molecule has 156 valence electrons. The van der Waals surface area contributed by atoms with Crippen molar-refractivity contribution in [1.82, 2.24) is 0 Å². The molecular formula is C23H28FNO3S. The predicted octanol–water partition coefficient (Wildman–Crippen LogP) is 6.35. The molecule has 1 unspecified atom stereocenters. The van der Waals surface area contributed by atoms with Gasteiger partial charge in [0.1, 0.15) is 10.7 Å². The normalized spacial score (nSPS) is 20.4. The van der Waals surface area contributed by atoms with Gasteiger partial charge in [0.25, 0.3) is 0 Å². The number of amides is 1. The zero-order valence-corrected chi connectivity index (χ0v) is 16.5. The Balaban J connectivity index is 0.00000240. The summed E-state index contributed by atoms with van der Waals surface area (Å²) in [4.78, 5) is 27.3. The van der Waals surface area contributed by atoms with E-state index in [-0.39, 0.29) is 30.1 Å². The van der Waals surface area contributed by atoms with Gasteiger partial charge in [0.2, 0.25) is 5.91 Å². The van der Waals surface area contributed by atoms with Crippen molar-refractivity contribution in [2.24, 2.45) is 5.92 Å². The fraction of sp³-hybridized carbons (Fsp3) is 0.478. The number of hydrogen-bond donors (Lipinski definition) is 1. The molecule has 2 heterocycles. The van der Waals surface area contributed by atoms with E-state index in [0.717, 1.165) is 37.0 Å². The molecule has 0 spiro atoms. The van der Waals surface area contributed by atoms with E-state index < -0.39 is 5.97 Å². The fourth-order valence-corrected chi connectivity index (χ4v) is 5.70. The number of anilines is 1. The average molecular weight is 418 g/mol. The van der Waals surface area contributed by atoms with Gasteiger partial charge in [0.15, 0.2) is 0 Å². The minimum atomic E-state index is -1.07. The first-order chi connectivity index (χ1) is 13.6. The van der Waals surface area contributed by atoms with Crippen molar-refractivity contribution in [2.45, 2.75) is 64.8 Å². The number of thiophene rings is 1. The Labute approximate surface area is 175 Å². The van der Waals surface area contributed by atoms with E-state index in [1.807, 2.05) is 0 Å². The second-order valence-electron chi connectivity index (χ2n) is 7.73. The maximum atomic E-state index is 14.3. The second-order valence-corrected chi connectivity index (χ2v) is 8.78. The summed E-state index contributed by atoms with van der Waals surface area (Å²) < 4.78 is 14.3. The third-order valence-corrected chi connectivity index (χ3v) is 7.14. The van der Waals surface area contributed by atoms with Gasteiger partial charge in [-0.15, -0.1) is 11.3 Å². The summed E-state index contributed by atoms with van der Waals surface area (Å²) in [5.41, 5.74) is 0.816. The lowest BCUT2D eigenvalue weighted by atomic mass is 9.79. The Kier molecular flexibility index (Phi) is 6.73. The van der Waals surface area contributed by atoms with Gasteiger partial charge < -0.3 is 10.0 Å². The number of carbonyl (C=O) groups is 2. The van der Waals surface area contributed by atoms with E-state index in [4.69, 9.17) is 0 Å². The lowest BCUT2D eigenvalue weighted by molar-refractivity contribution is -0.120. The van der Waals surface area contributed by atoms with E-state index in [2.05, 4.69) is 0 Å². The molecule has 2 aliphatic rings. The Morgan fingerprint density at radius 1 is 1.10 bits per heavy atom. The lowest BCUT2D eigenvalue weighted by Gasteiger charge is -2.41. The minimum absolute atomic E-state index is 0. The van der Waals surface area contributed by atoms with Crippen LogP contribution in [0.1, 0.15) is 68.5 Å². The van der Waals surface area contributed by atoms with Crippen LogP contribution in [-0.4, -0.2) is 23.0 Å². The topological polar surface area (TPSA) is 57.6 Å². The number of aromatic carboxylic acids is 1. The molecule has 2 fully saturated rings. The molecule has 1 saturated carbocycles. The van der Waals surface area contributed by atoms with Gasteiger partial charge in [-0.25, -0.2) is 9.18 Å². The van der Waals surface area contributed by atoms with E-state index >= 15 is 0 Å². The number of carboxylic acid groups (broad SMARTS) is 1. The van der Waals surface area contributed by atoms with E-state index in [1.165, 1.54) is 25.3 Å². The molecule has 6 heteroatoms. The van der Waals surface area contributed by atoms with Crippen LogP contribution in [0.5, 0.6) is 0 Å². The number of carbonyl (C=O) groups excluding carboxylic acids is 1. The maximum absolute atomic E-state index is 14.3. The highest BCUT2D eigenvalue weighted by Crippen LogP contribution is 2.43. The maximum Gasteiger partial charge on any atom is 0.348 e. The molecule has 1 aromatic heterocycles. The highest BCUT2D eigenvalue weighted by Gasteiger charge is 2.38. The van der Waals surface area contributed by atoms with Gasteiger partial charge in [-0.3, -0.25) is 4.79 Å². The molecule has 1 aliphatic carbocycles. The Hall–Kier alpha value is -2.21. The lowest BCUT2D eigenvalue weighted by Crippen LogP contribution is -2.48. The predicted molar refractivity (Wildman–Crippen MR) is 115 cm³/mol. The van der Waals surface area contributed by atoms with Crippen molar-refractivity contribution in [1.29, 1.82) is 0 Å². The molecule has 0 radical (unpaired) electrons. The van der Waals surface area contributed by atoms with Crippen LogP contribution in [0.2, 0.25) is 0 Å². The van der Waals surface area contributed by atoms with Crippen LogP contribution in [0, 0.1) is 11.7 Å². The summed E-state index contributed by atoms with van der Waals surface area (Å²) in [6.07, 6.45) is 7.92. The molecule has 0 bridgehead atoms. The van der Waals surface area contributed by atoms with Crippen molar-refractivity contribution in [3.8, 4) is 10.4 Å². The van der Waals surface area contributed by atoms with Crippen LogP contribution in [0.25, 0.3) is 10.4 Å². The van der Waals surface area contributed by atoms with Gasteiger partial charge >= 0.3 is 5.97 Å². The van der Waals surface area contributed by atoms with Gasteiger partial charge in [0, 0.05) is 22.9 Å². The van der Waals surface area contributed by atoms with Crippen LogP contribution in [-0.2, 0) is 4.79 Å². The van der Waals surface area contributed by atoms with Crippen molar-refractivity contribution in [3.05, 3.63) is 41.0 Å². The first kappa shape index (κ1) is 21.5. The summed E-state index contributed by atoms with van der Waals surface area (Å²) in [5.74, 6) is -1.05. The summed E-state index contributed by atoms with van der Waals surface area (Å²) >= 11 is 1.05. The summed E-state index contributed by atoms with van der Waals surface area (Å²) in [7, 11) is 0. The third kappa shape index (κ3) is 4.22. The van der Waals surface area contributed by atoms with Gasteiger partial charge in [-0.1, -0.05) is 44.9 Å². The largest absolute Gasteiger partial charge is 0.477 e. The number of benzene rings is 1. The minimum Gasteiger partial charge on any atom is -0.477 e. The van der Waals surface area contributed by atoms with Crippen LogP contribution >= 0.6 is 11.3 Å². The number of hydrogen-bond acceptors (Lipinski definition) is 3. The molecule has 4 rings (SSSR count). The van der Waals surface area contributed by atoms with Gasteiger partial charge in [-0.05, 0) is 43.7 Å². The second kappa shape index (κ2) is 9.08. The molecular weight excluding hydrogens is 389 g/mol. The number of carboxylic acids is 1. The number of nitrogens with zero attached hydrogens (tertiary/aromatic N) is 1. The van der Waals surface area contributed by atoms with Gasteiger partial charge in [-0.2, -0.15) is 0 Å². The quantitative estimate of drug-likeness (QED) is 0.630. The first-order valence-electron chi connectivity index (χ1n) is 10.0. The van der Waals surface area contributed by atoms with E-state index in [0.29, 0.717) is 28.5 Å². The van der Waals surface area contributed by atoms with Crippen LogP contribution in [0.15, 0.2) is 30.3 Å². The standard InChI is InChI=1S/C22H24FNO3S.CH4/c23-16-10-5-4-9-15(16)19-13-18(21(28-19)22(26)27)24-17(11-6-12-20(24)25)14-7-2-1-3-8-14;/h4-5,9-10,13-14,17H,1-3,6-8,11-12H2,(H,26,27);1H4. The zero-order valence-electron chi connectivity index (χ0n) is 15.7. The fourth-order valence-electron chi connectivity index (χ4n) is 4.68. The molecule has 1 amide bonds. The third-order valence-electron chi connectivity index (χ3n) is 5.99. The highest BCUT2D eigenvalue weighted by atomic mass is 32.1. The molecule has 4 nitrogen and oxygen atoms in total. The number of halogens is 1. The monoisotopic (exact) mass is 417 g/mol. The molecule has 2 aromatic rings. The van der Waals surface area contributed by atoms with Crippen LogP contribution in [0.3, 0.4) is 0 Å². The number of rotatable bonds is 4. The Morgan fingerprint density at radius 2 is 1.83 bits per heavy atom. The van der Waals surface area contributed by atoms with Crippen LogP contribution in [0.4, 0.5) is 10.1 Å². The van der Waals surface area contributed by atoms with Crippen molar-refractivity contribution in [2.75, 3.05) is 4.90 Å². The average Bonchev–Trinajstić information content (AvgIpc) is 3.14. The Bertz CT molecular complexity index is 888. The van der Waals surface area contributed by atoms with Crippen molar-refractivity contribution < 1.29 is 19.1 Å². The van der Waals surface area contributed by atoms with Crippen molar-refractivity contribution >= 4 is 28.9 Å². The van der Waals surface area contributed by atoms with E-state index in [9.17, 15) is 19.1 Å². The smallest absolute Gasteiger partial charge is 0.348 e. The van der Waals surface area contributed by atoms with E-state index in [1.54, 1.807) is 29.2 Å². The molecule has 1 saturated heterocycles. The van der Waals surface area contributed by atoms with Gasteiger partial charge in [0.05, 0.1) is 5.69 Å². The summed E-state index contributed by atoms with van der Waals surface area (Å²) in [6.45, 7) is 0. The summed E-state index contributed by atoms with van der Waals surface area (Å²) in [6, 6.07) is 8.10. The molecule has 1 aliphatic heterocycles. The molecule has 1 N–H and O–H groups in total. The number of piperidine rings is 1. The SMILES string of the molecule is C.O=C(O)c1sc(-c2ccccc2F)cc1N1C(=O)CCCC1C1CCCCC1. The molecule has 29 heavy (non-hydrogen) atoms.